The summed E-state index contributed by atoms with van der Waals surface area (Å²) in [5.74, 6) is 1.18. The molecular formula is C31H44N8O3. The number of amides is 2. The van der Waals surface area contributed by atoms with E-state index in [1.165, 1.54) is 6.42 Å². The molecule has 7 N–H and O–H groups in total. The molecule has 1 saturated heterocycles. The number of benzene rings is 1. The third-order valence-electron chi connectivity index (χ3n) is 7.61. The van der Waals surface area contributed by atoms with E-state index in [0.717, 1.165) is 37.1 Å². The van der Waals surface area contributed by atoms with Crippen molar-refractivity contribution in [3.63, 3.8) is 0 Å². The van der Waals surface area contributed by atoms with Gasteiger partial charge in [-0.2, -0.15) is 0 Å². The van der Waals surface area contributed by atoms with Gasteiger partial charge in [-0.1, -0.05) is 45.0 Å². The van der Waals surface area contributed by atoms with Crippen LogP contribution in [0.15, 0.2) is 59.4 Å². The first-order valence-electron chi connectivity index (χ1n) is 14.6. The van der Waals surface area contributed by atoms with Gasteiger partial charge in [-0.25, -0.2) is 4.79 Å². The van der Waals surface area contributed by atoms with Gasteiger partial charge < -0.3 is 25.8 Å². The number of hydrogen-bond acceptors (Lipinski definition) is 7. The van der Waals surface area contributed by atoms with Crippen molar-refractivity contribution < 1.29 is 14.6 Å². The Morgan fingerprint density at radius 2 is 1.86 bits per heavy atom. The lowest BCUT2D eigenvalue weighted by Crippen LogP contribution is -2.43. The fourth-order valence-electron chi connectivity index (χ4n) is 5.14. The van der Waals surface area contributed by atoms with Crippen LogP contribution in [0.2, 0.25) is 0 Å². The third-order valence-corrected chi connectivity index (χ3v) is 7.61. The predicted molar refractivity (Wildman–Crippen MR) is 163 cm³/mol. The van der Waals surface area contributed by atoms with Crippen LogP contribution < -0.4 is 26.6 Å². The molecule has 1 fully saturated rings. The zero-order valence-electron chi connectivity index (χ0n) is 24.8. The number of ether oxygens (including phenoxy) is 1. The first kappa shape index (κ1) is 30.8. The highest BCUT2D eigenvalue weighted by atomic mass is 16.5. The zero-order chi connectivity index (χ0) is 30.3. The standard InChI is InChI=1S/C31H44N8O3/c1-31(2,3)26(32)19-28(35-15-18-40)37-30(41)36-24-12-13-25(23-10-6-5-9-22(23)24)42-21-11-14-27(33)39(20-21)29(34)38-16-7-4-8-17-38/h5-6,9-11,14,19-20,24-25,33-34,40H,4,7-8,12-13,15-18,32H2,1-3H3,(H2,35,36,37,41)/b26-19-,33-27?,34-29?/t24?,25-/m1/s1. The van der Waals surface area contributed by atoms with Gasteiger partial charge in [-0.15, -0.1) is 0 Å². The SMILES string of the molecule is CC(C)(C)/C(N)=C/C(=NCCO)NC(=O)NC1CC[C@@H](Oc2ccc(=N)n(C(=N)N3CCCCC3)c2)c2ccccc21. The summed E-state index contributed by atoms with van der Waals surface area (Å²) in [6, 6.07) is 10.7. The molecule has 226 valence electrons. The molecule has 0 bridgehead atoms. The molecule has 1 unspecified atom stereocenters. The number of aliphatic hydroxyl groups excluding tert-OH is 1. The van der Waals surface area contributed by atoms with Crippen molar-refractivity contribution in [2.45, 2.75) is 65.0 Å². The molecule has 1 aromatic heterocycles. The van der Waals surface area contributed by atoms with Crippen LogP contribution in [0.1, 0.15) is 76.1 Å². The molecule has 11 nitrogen and oxygen atoms in total. The minimum atomic E-state index is -0.410. The number of hydrogen-bond donors (Lipinski definition) is 6. The van der Waals surface area contributed by atoms with E-state index in [4.69, 9.17) is 21.3 Å². The highest BCUT2D eigenvalue weighted by Crippen LogP contribution is 2.38. The maximum Gasteiger partial charge on any atom is 0.320 e. The number of carbonyl (C=O) groups excluding carboxylic acids is 1. The molecule has 2 aliphatic rings. The molecule has 0 saturated carbocycles. The molecular weight excluding hydrogens is 532 g/mol. The number of aromatic nitrogens is 1. The van der Waals surface area contributed by atoms with Crippen molar-refractivity contribution >= 4 is 17.8 Å². The number of nitrogens with two attached hydrogens (primary N) is 1. The number of piperidine rings is 1. The summed E-state index contributed by atoms with van der Waals surface area (Å²) in [6.45, 7) is 7.57. The molecule has 42 heavy (non-hydrogen) atoms. The molecule has 2 amide bonds. The van der Waals surface area contributed by atoms with Gasteiger partial charge in [-0.05, 0) is 61.4 Å². The largest absolute Gasteiger partial charge is 0.484 e. The minimum Gasteiger partial charge on any atom is -0.484 e. The number of fused-ring (bicyclic) bond motifs is 1. The van der Waals surface area contributed by atoms with Gasteiger partial charge in [0.15, 0.2) is 0 Å². The van der Waals surface area contributed by atoms with Crippen molar-refractivity contribution in [1.82, 2.24) is 20.1 Å². The summed E-state index contributed by atoms with van der Waals surface area (Å²) in [4.78, 5) is 19.3. The lowest BCUT2D eigenvalue weighted by molar-refractivity contribution is 0.171. The van der Waals surface area contributed by atoms with Crippen molar-refractivity contribution in [1.29, 1.82) is 10.8 Å². The van der Waals surface area contributed by atoms with Gasteiger partial charge in [-0.3, -0.25) is 25.7 Å². The zero-order valence-corrected chi connectivity index (χ0v) is 24.8. The molecule has 2 heterocycles. The Kier molecular flexibility index (Phi) is 10.1. The topological polar surface area (TPSA) is 165 Å². The van der Waals surface area contributed by atoms with Crippen molar-refractivity contribution in [2.24, 2.45) is 16.1 Å². The monoisotopic (exact) mass is 576 g/mol. The number of nitrogens with zero attached hydrogens (tertiary/aromatic N) is 3. The number of likely N-dealkylation sites (tertiary alicyclic amines) is 1. The van der Waals surface area contributed by atoms with E-state index in [1.54, 1.807) is 29.0 Å². The number of urea groups is 1. The fourth-order valence-corrected chi connectivity index (χ4v) is 5.14. The van der Waals surface area contributed by atoms with Gasteiger partial charge in [0, 0.05) is 24.2 Å². The molecule has 11 heteroatoms. The Morgan fingerprint density at radius 1 is 1.14 bits per heavy atom. The molecule has 2 aromatic rings. The second-order valence-corrected chi connectivity index (χ2v) is 11.8. The minimum absolute atomic E-state index is 0.142. The van der Waals surface area contributed by atoms with Crippen molar-refractivity contribution in [2.75, 3.05) is 26.2 Å². The van der Waals surface area contributed by atoms with Crippen LogP contribution in [0.4, 0.5) is 4.79 Å². The van der Waals surface area contributed by atoms with E-state index in [2.05, 4.69) is 15.6 Å². The van der Waals surface area contributed by atoms with E-state index in [1.807, 2.05) is 49.9 Å². The first-order chi connectivity index (χ1) is 20.1. The van der Waals surface area contributed by atoms with E-state index in [-0.39, 0.29) is 36.2 Å². The lowest BCUT2D eigenvalue weighted by atomic mass is 9.85. The van der Waals surface area contributed by atoms with Crippen LogP contribution in [0.5, 0.6) is 5.75 Å². The second-order valence-electron chi connectivity index (χ2n) is 11.8. The molecule has 1 aliphatic carbocycles. The average molecular weight is 577 g/mol. The Balaban J connectivity index is 1.48. The van der Waals surface area contributed by atoms with Crippen LogP contribution >= 0.6 is 0 Å². The Morgan fingerprint density at radius 3 is 2.55 bits per heavy atom. The first-order valence-corrected chi connectivity index (χ1v) is 14.6. The third kappa shape index (κ3) is 7.79. The maximum absolute atomic E-state index is 13.1. The summed E-state index contributed by atoms with van der Waals surface area (Å²) in [6.07, 6.45) is 7.71. The number of allylic oxidation sites excluding steroid dienone is 1. The normalized spacial score (nSPS) is 19.6. The fraction of sp³-hybridized carbons (Fsp3) is 0.484. The van der Waals surface area contributed by atoms with E-state index in [0.29, 0.717) is 36.1 Å². The van der Waals surface area contributed by atoms with Crippen LogP contribution in [0.25, 0.3) is 0 Å². The van der Waals surface area contributed by atoms with E-state index in [9.17, 15) is 9.90 Å². The van der Waals surface area contributed by atoms with Gasteiger partial charge in [0.1, 0.15) is 23.2 Å². The average Bonchev–Trinajstić information content (AvgIpc) is 2.97. The Bertz CT molecular complexity index is 1390. The molecule has 1 aromatic carbocycles. The van der Waals surface area contributed by atoms with Gasteiger partial charge in [0.25, 0.3) is 0 Å². The second kappa shape index (κ2) is 13.7. The predicted octanol–water partition coefficient (Wildman–Crippen LogP) is 3.77. The summed E-state index contributed by atoms with van der Waals surface area (Å²) in [7, 11) is 0. The number of pyridine rings is 1. The number of aliphatic imine (C=N–C) groups is 1. The van der Waals surface area contributed by atoms with Crippen molar-refractivity contribution in [3.05, 3.63) is 71.0 Å². The number of amidine groups is 1. The molecule has 2 atom stereocenters. The molecule has 0 spiro atoms. The number of carbonyl (C=O) groups is 1. The highest BCUT2D eigenvalue weighted by molar-refractivity contribution is 6.04. The summed E-state index contributed by atoms with van der Waals surface area (Å²) in [5, 5.41) is 32.1. The Labute approximate surface area is 247 Å². The van der Waals surface area contributed by atoms with Crippen LogP contribution in [0, 0.1) is 16.2 Å². The molecule has 0 radical (unpaired) electrons. The van der Waals surface area contributed by atoms with E-state index >= 15 is 0 Å². The number of nitrogens with one attached hydrogen (secondary N) is 4. The van der Waals surface area contributed by atoms with Gasteiger partial charge in [0.2, 0.25) is 5.96 Å². The summed E-state index contributed by atoms with van der Waals surface area (Å²) >= 11 is 0. The quantitative estimate of drug-likeness (QED) is 0.227. The van der Waals surface area contributed by atoms with Crippen LogP contribution in [-0.2, 0) is 0 Å². The number of rotatable bonds is 6. The smallest absolute Gasteiger partial charge is 0.320 e. The van der Waals surface area contributed by atoms with Crippen LogP contribution in [-0.4, -0.2) is 58.6 Å². The molecule has 4 rings (SSSR count). The summed E-state index contributed by atoms with van der Waals surface area (Å²) in [5.41, 5.74) is 8.64. The molecule has 1 aliphatic heterocycles. The van der Waals surface area contributed by atoms with Gasteiger partial charge in [0.05, 0.1) is 25.4 Å². The van der Waals surface area contributed by atoms with Crippen molar-refractivity contribution in [3.8, 4) is 5.75 Å². The number of aliphatic hydroxyl groups is 1. The lowest BCUT2D eigenvalue weighted by Gasteiger charge is -2.33. The van der Waals surface area contributed by atoms with Crippen LogP contribution in [0.3, 0.4) is 0 Å². The van der Waals surface area contributed by atoms with Gasteiger partial charge >= 0.3 is 6.03 Å². The maximum atomic E-state index is 13.1. The highest BCUT2D eigenvalue weighted by Gasteiger charge is 2.30. The van der Waals surface area contributed by atoms with E-state index < -0.39 is 6.03 Å². The Hall–Kier alpha value is -4.12. The summed E-state index contributed by atoms with van der Waals surface area (Å²) < 4.78 is 8.01.